The Morgan fingerprint density at radius 2 is 1.67 bits per heavy atom. The molecule has 178 valence electrons. The lowest BCUT2D eigenvalue weighted by Gasteiger charge is -2.40. The summed E-state index contributed by atoms with van der Waals surface area (Å²) in [6.07, 6.45) is 6.34. The third-order valence-electron chi connectivity index (χ3n) is 7.19. The van der Waals surface area contributed by atoms with Gasteiger partial charge in [-0.3, -0.25) is 4.79 Å². The molecule has 5 nitrogen and oxygen atoms in total. The maximum atomic E-state index is 13.6. The second-order valence-electron chi connectivity index (χ2n) is 9.57. The Hall–Kier alpha value is -2.69. The number of rotatable bonds is 7. The average Bonchev–Trinajstić information content (AvgIpc) is 2.86. The Morgan fingerprint density at radius 1 is 1.00 bits per heavy atom. The lowest BCUT2D eigenvalue weighted by Crippen LogP contribution is -2.45. The topological polar surface area (TPSA) is 48.0 Å². The summed E-state index contributed by atoms with van der Waals surface area (Å²) in [7, 11) is 3.31. The van der Waals surface area contributed by atoms with Crippen LogP contribution in [0.3, 0.4) is 0 Å². The van der Waals surface area contributed by atoms with Gasteiger partial charge in [-0.25, -0.2) is 0 Å². The second kappa shape index (κ2) is 10.5. The molecule has 33 heavy (non-hydrogen) atoms. The molecule has 0 aromatic heterocycles. The van der Waals surface area contributed by atoms with Crippen LogP contribution < -0.4 is 14.2 Å². The summed E-state index contributed by atoms with van der Waals surface area (Å²) in [5, 5.41) is 0. The largest absolute Gasteiger partial charge is 0.493 e. The van der Waals surface area contributed by atoms with Crippen molar-refractivity contribution in [1.29, 1.82) is 0 Å². The van der Waals surface area contributed by atoms with Crippen molar-refractivity contribution in [3.63, 3.8) is 0 Å². The minimum Gasteiger partial charge on any atom is -0.493 e. The molecule has 1 heterocycles. The molecule has 0 bridgehead atoms. The number of hydrogen-bond acceptors (Lipinski definition) is 4. The molecule has 2 aromatic carbocycles. The molecule has 2 aliphatic rings. The van der Waals surface area contributed by atoms with Crippen LogP contribution in [0, 0.1) is 5.92 Å². The number of methoxy groups -OCH3 is 2. The molecule has 1 amide bonds. The van der Waals surface area contributed by atoms with Crippen molar-refractivity contribution in [1.82, 2.24) is 4.90 Å². The highest BCUT2D eigenvalue weighted by atomic mass is 16.5. The zero-order chi connectivity index (χ0) is 23.4. The summed E-state index contributed by atoms with van der Waals surface area (Å²) in [5.41, 5.74) is 3.59. The molecule has 0 N–H and O–H groups in total. The lowest BCUT2D eigenvalue weighted by atomic mass is 9.86. The molecule has 1 fully saturated rings. The molecule has 5 heteroatoms. The van der Waals surface area contributed by atoms with Gasteiger partial charge in [-0.1, -0.05) is 45.2 Å². The van der Waals surface area contributed by atoms with E-state index < -0.39 is 0 Å². The molecule has 0 radical (unpaired) electrons. The first-order chi connectivity index (χ1) is 16.0. The quantitative estimate of drug-likeness (QED) is 0.525. The summed E-state index contributed by atoms with van der Waals surface area (Å²) in [5.74, 6) is 3.14. The molecular formula is C28H37NO4. The monoisotopic (exact) mass is 451 g/mol. The Bertz CT molecular complexity index is 947. The Kier molecular flexibility index (Phi) is 7.46. The highest BCUT2D eigenvalue weighted by Crippen LogP contribution is 2.40. The van der Waals surface area contributed by atoms with E-state index in [9.17, 15) is 4.79 Å². The number of benzene rings is 2. The standard InChI is InChI=1S/C28H37NO4/c1-19(2)20-10-12-23(13-11-20)33-18-25-24-17-27(32-4)26(31-3)16-22(24)14-15-29(25)28(30)21-8-6-5-7-9-21/h10-13,16-17,19,21,25H,5-9,14-15,18H2,1-4H3. The minimum atomic E-state index is -0.146. The number of ether oxygens (including phenoxy) is 3. The van der Waals surface area contributed by atoms with E-state index in [2.05, 4.69) is 36.9 Å². The van der Waals surface area contributed by atoms with Crippen molar-refractivity contribution in [2.75, 3.05) is 27.4 Å². The molecule has 4 rings (SSSR count). The predicted octanol–water partition coefficient (Wildman–Crippen LogP) is 5.91. The van der Waals surface area contributed by atoms with Crippen molar-refractivity contribution >= 4 is 5.91 Å². The van der Waals surface area contributed by atoms with E-state index in [4.69, 9.17) is 14.2 Å². The Labute approximate surface area is 198 Å². The third-order valence-corrected chi connectivity index (χ3v) is 7.19. The Morgan fingerprint density at radius 3 is 2.30 bits per heavy atom. The van der Waals surface area contributed by atoms with Gasteiger partial charge in [0.15, 0.2) is 11.5 Å². The summed E-state index contributed by atoms with van der Waals surface area (Å²) in [6.45, 7) is 5.50. The normalized spacial score (nSPS) is 18.7. The number of carbonyl (C=O) groups excluding carboxylic acids is 1. The highest BCUT2D eigenvalue weighted by Gasteiger charge is 2.36. The fraction of sp³-hybridized carbons (Fsp3) is 0.536. The van der Waals surface area contributed by atoms with Crippen LogP contribution in [0.1, 0.15) is 74.6 Å². The molecule has 1 unspecified atom stereocenters. The van der Waals surface area contributed by atoms with Crippen LogP contribution in [0.25, 0.3) is 0 Å². The van der Waals surface area contributed by atoms with Crippen molar-refractivity contribution in [3.05, 3.63) is 53.1 Å². The molecule has 0 spiro atoms. The first kappa shape index (κ1) is 23.5. The predicted molar refractivity (Wildman–Crippen MR) is 130 cm³/mol. The van der Waals surface area contributed by atoms with Crippen molar-refractivity contribution < 1.29 is 19.0 Å². The Balaban J connectivity index is 1.62. The zero-order valence-electron chi connectivity index (χ0n) is 20.4. The minimum absolute atomic E-state index is 0.133. The summed E-state index contributed by atoms with van der Waals surface area (Å²) >= 11 is 0. The molecule has 0 saturated heterocycles. The number of fused-ring (bicyclic) bond motifs is 1. The summed E-state index contributed by atoms with van der Waals surface area (Å²) in [4.78, 5) is 15.7. The number of hydrogen-bond donors (Lipinski definition) is 0. The number of nitrogens with zero attached hydrogens (tertiary/aromatic N) is 1. The van der Waals surface area contributed by atoms with Crippen LogP contribution in [-0.2, 0) is 11.2 Å². The van der Waals surface area contributed by atoms with Crippen molar-refractivity contribution in [2.45, 2.75) is 64.3 Å². The molecular weight excluding hydrogens is 414 g/mol. The van der Waals surface area contributed by atoms with E-state index in [1.54, 1.807) is 14.2 Å². The fourth-order valence-corrected chi connectivity index (χ4v) is 5.18. The van der Waals surface area contributed by atoms with E-state index in [-0.39, 0.29) is 17.9 Å². The van der Waals surface area contributed by atoms with Gasteiger partial charge in [-0.15, -0.1) is 0 Å². The maximum absolute atomic E-state index is 13.6. The van der Waals surface area contributed by atoms with Gasteiger partial charge in [0.1, 0.15) is 12.4 Å². The van der Waals surface area contributed by atoms with Crippen LogP contribution in [0.5, 0.6) is 17.2 Å². The smallest absolute Gasteiger partial charge is 0.226 e. The van der Waals surface area contributed by atoms with Crippen molar-refractivity contribution in [3.8, 4) is 17.2 Å². The zero-order valence-corrected chi connectivity index (χ0v) is 20.4. The average molecular weight is 452 g/mol. The summed E-state index contributed by atoms with van der Waals surface area (Å²) in [6, 6.07) is 12.2. The molecule has 1 aliphatic heterocycles. The van der Waals surface area contributed by atoms with E-state index >= 15 is 0 Å². The van der Waals surface area contributed by atoms with Gasteiger partial charge in [0.05, 0.1) is 20.3 Å². The number of amides is 1. The first-order valence-electron chi connectivity index (χ1n) is 12.3. The van der Waals surface area contributed by atoms with Gasteiger partial charge < -0.3 is 19.1 Å². The first-order valence-corrected chi connectivity index (χ1v) is 12.3. The van der Waals surface area contributed by atoms with Gasteiger partial charge in [0, 0.05) is 12.5 Å². The van der Waals surface area contributed by atoms with Crippen molar-refractivity contribution in [2.24, 2.45) is 5.92 Å². The number of carbonyl (C=O) groups is 1. The molecule has 1 saturated carbocycles. The fourth-order valence-electron chi connectivity index (χ4n) is 5.18. The van der Waals surface area contributed by atoms with Crippen LogP contribution in [-0.4, -0.2) is 38.2 Å². The van der Waals surface area contributed by atoms with Gasteiger partial charge in [-0.2, -0.15) is 0 Å². The maximum Gasteiger partial charge on any atom is 0.226 e. The van der Waals surface area contributed by atoms with Gasteiger partial charge in [0.2, 0.25) is 5.91 Å². The lowest BCUT2D eigenvalue weighted by molar-refractivity contribution is -0.140. The van der Waals surface area contributed by atoms with Crippen LogP contribution >= 0.6 is 0 Å². The van der Waals surface area contributed by atoms with Gasteiger partial charge in [0.25, 0.3) is 0 Å². The van der Waals surface area contributed by atoms with Gasteiger partial charge >= 0.3 is 0 Å². The highest BCUT2D eigenvalue weighted by molar-refractivity contribution is 5.80. The summed E-state index contributed by atoms with van der Waals surface area (Å²) < 4.78 is 17.4. The molecule has 2 aromatic rings. The van der Waals surface area contributed by atoms with E-state index in [0.29, 0.717) is 24.8 Å². The molecule has 1 aliphatic carbocycles. The van der Waals surface area contributed by atoms with Crippen LogP contribution in [0.4, 0.5) is 0 Å². The second-order valence-corrected chi connectivity index (χ2v) is 9.57. The SMILES string of the molecule is COc1cc2c(cc1OC)C(COc1ccc(C(C)C)cc1)N(C(=O)C1CCCCC1)CC2. The van der Waals surface area contributed by atoms with E-state index in [1.807, 2.05) is 18.2 Å². The van der Waals surface area contributed by atoms with E-state index in [0.717, 1.165) is 49.2 Å². The third kappa shape index (κ3) is 5.13. The van der Waals surface area contributed by atoms with Crippen LogP contribution in [0.15, 0.2) is 36.4 Å². The van der Waals surface area contributed by atoms with E-state index in [1.165, 1.54) is 17.5 Å². The molecule has 1 atom stereocenters. The van der Waals surface area contributed by atoms with Crippen LogP contribution in [0.2, 0.25) is 0 Å². The van der Waals surface area contributed by atoms with Gasteiger partial charge in [-0.05, 0) is 66.1 Å².